The second-order valence-corrected chi connectivity index (χ2v) is 6.74. The molecule has 2 N–H and O–H groups in total. The van der Waals surface area contributed by atoms with Crippen LogP contribution in [0.4, 0.5) is 17.3 Å². The maximum atomic E-state index is 12.7. The van der Waals surface area contributed by atoms with Gasteiger partial charge in [0.15, 0.2) is 0 Å². The maximum Gasteiger partial charge on any atom is 0.253 e. The Morgan fingerprint density at radius 2 is 2.00 bits per heavy atom. The topological polar surface area (TPSA) is 71.8 Å². The molecule has 3 aromatic rings. The first-order chi connectivity index (χ1) is 13.2. The van der Waals surface area contributed by atoms with Crippen molar-refractivity contribution in [2.75, 3.05) is 17.7 Å². The molecular formula is C21H21N5O. The summed E-state index contributed by atoms with van der Waals surface area (Å²) in [6.07, 6.45) is 11.5. The lowest BCUT2D eigenvalue weighted by molar-refractivity contribution is 0.516. The Labute approximate surface area is 157 Å². The summed E-state index contributed by atoms with van der Waals surface area (Å²) in [4.78, 5) is 21.8. The molecule has 1 aliphatic carbocycles. The van der Waals surface area contributed by atoms with E-state index in [0.29, 0.717) is 17.2 Å². The number of hydrogen-bond acceptors (Lipinski definition) is 5. The monoisotopic (exact) mass is 359 g/mol. The molecule has 0 amide bonds. The molecule has 0 atom stereocenters. The fourth-order valence-electron chi connectivity index (χ4n) is 3.70. The Bertz CT molecular complexity index is 1090. The number of rotatable bonds is 4. The molecular weight excluding hydrogens is 338 g/mol. The fourth-order valence-corrected chi connectivity index (χ4v) is 3.70. The molecule has 4 rings (SSSR count). The Balaban J connectivity index is 1.83. The second-order valence-electron chi connectivity index (χ2n) is 6.74. The molecule has 2 aromatic heterocycles. The Hall–Kier alpha value is -3.33. The van der Waals surface area contributed by atoms with Gasteiger partial charge in [-0.15, -0.1) is 6.42 Å². The first-order valence-corrected chi connectivity index (χ1v) is 9.13. The molecule has 0 spiro atoms. The SMILES string of the molecule is C#Cc1cc(=O)n(C2CCCC2)c2nc(Nc3cccc(NC)c3)ncc12. The lowest BCUT2D eigenvalue weighted by Crippen LogP contribution is -2.24. The second kappa shape index (κ2) is 7.12. The van der Waals surface area contributed by atoms with Crippen molar-refractivity contribution < 1.29 is 0 Å². The van der Waals surface area contributed by atoms with E-state index in [-0.39, 0.29) is 11.6 Å². The lowest BCUT2D eigenvalue weighted by Gasteiger charge is -2.17. The van der Waals surface area contributed by atoms with E-state index in [4.69, 9.17) is 6.42 Å². The quantitative estimate of drug-likeness (QED) is 0.696. The van der Waals surface area contributed by atoms with Crippen molar-refractivity contribution in [3.8, 4) is 12.3 Å². The highest BCUT2D eigenvalue weighted by Crippen LogP contribution is 2.31. The van der Waals surface area contributed by atoms with Crippen LogP contribution in [0.3, 0.4) is 0 Å². The van der Waals surface area contributed by atoms with Gasteiger partial charge in [0, 0.05) is 42.3 Å². The van der Waals surface area contributed by atoms with Crippen LogP contribution in [0.15, 0.2) is 41.3 Å². The summed E-state index contributed by atoms with van der Waals surface area (Å²) in [6.45, 7) is 0. The van der Waals surface area contributed by atoms with E-state index in [0.717, 1.165) is 42.4 Å². The van der Waals surface area contributed by atoms with Crippen LogP contribution in [-0.2, 0) is 0 Å². The summed E-state index contributed by atoms with van der Waals surface area (Å²) in [6, 6.07) is 9.52. The smallest absolute Gasteiger partial charge is 0.253 e. The number of benzene rings is 1. The lowest BCUT2D eigenvalue weighted by atomic mass is 10.1. The Morgan fingerprint density at radius 3 is 2.74 bits per heavy atom. The van der Waals surface area contributed by atoms with Gasteiger partial charge in [-0.3, -0.25) is 9.36 Å². The minimum atomic E-state index is -0.0934. The molecule has 1 saturated carbocycles. The maximum absolute atomic E-state index is 12.7. The van der Waals surface area contributed by atoms with Crippen LogP contribution in [0.1, 0.15) is 37.3 Å². The zero-order valence-corrected chi connectivity index (χ0v) is 15.2. The summed E-state index contributed by atoms with van der Waals surface area (Å²) in [7, 11) is 1.87. The van der Waals surface area contributed by atoms with Crippen molar-refractivity contribution >= 4 is 28.4 Å². The van der Waals surface area contributed by atoms with Gasteiger partial charge < -0.3 is 10.6 Å². The fraction of sp³-hybridized carbons (Fsp3) is 0.286. The summed E-state index contributed by atoms with van der Waals surface area (Å²) in [5, 5.41) is 7.05. The van der Waals surface area contributed by atoms with Crippen LogP contribution >= 0.6 is 0 Å². The van der Waals surface area contributed by atoms with Crippen LogP contribution < -0.4 is 16.2 Å². The Morgan fingerprint density at radius 1 is 1.22 bits per heavy atom. The molecule has 1 fully saturated rings. The number of fused-ring (bicyclic) bond motifs is 1. The van der Waals surface area contributed by atoms with Gasteiger partial charge in [-0.2, -0.15) is 4.98 Å². The van der Waals surface area contributed by atoms with Crippen molar-refractivity contribution in [1.29, 1.82) is 0 Å². The molecule has 0 radical (unpaired) electrons. The summed E-state index contributed by atoms with van der Waals surface area (Å²) < 4.78 is 1.79. The molecule has 136 valence electrons. The number of aromatic nitrogens is 3. The number of hydrogen-bond donors (Lipinski definition) is 2. The van der Waals surface area contributed by atoms with E-state index in [1.54, 1.807) is 10.8 Å². The third-order valence-electron chi connectivity index (χ3n) is 5.04. The molecule has 0 bridgehead atoms. The third kappa shape index (κ3) is 3.24. The highest BCUT2D eigenvalue weighted by Gasteiger charge is 2.22. The van der Waals surface area contributed by atoms with Crippen molar-refractivity contribution in [1.82, 2.24) is 14.5 Å². The number of nitrogens with one attached hydrogen (secondary N) is 2. The van der Waals surface area contributed by atoms with Gasteiger partial charge in [-0.25, -0.2) is 4.98 Å². The number of nitrogens with zero attached hydrogens (tertiary/aromatic N) is 3. The summed E-state index contributed by atoms with van der Waals surface area (Å²) in [5.41, 5.74) is 2.89. The van der Waals surface area contributed by atoms with Crippen LogP contribution in [0.5, 0.6) is 0 Å². The first kappa shape index (κ1) is 17.1. The van der Waals surface area contributed by atoms with E-state index in [1.807, 2.05) is 31.3 Å². The van der Waals surface area contributed by atoms with E-state index >= 15 is 0 Å². The average molecular weight is 359 g/mol. The molecule has 1 aromatic carbocycles. The highest BCUT2D eigenvalue weighted by atomic mass is 16.1. The molecule has 6 nitrogen and oxygen atoms in total. The van der Waals surface area contributed by atoms with Gasteiger partial charge in [-0.05, 0) is 31.0 Å². The number of pyridine rings is 1. The summed E-state index contributed by atoms with van der Waals surface area (Å²) >= 11 is 0. The van der Waals surface area contributed by atoms with Gasteiger partial charge in [0.25, 0.3) is 5.56 Å². The van der Waals surface area contributed by atoms with Crippen LogP contribution in [0, 0.1) is 12.3 Å². The molecule has 6 heteroatoms. The van der Waals surface area contributed by atoms with Gasteiger partial charge in [0.1, 0.15) is 5.65 Å². The standard InChI is InChI=1S/C21H21N5O/c1-3-14-11-19(27)26(17-9-4-5-10-17)20-18(14)13-23-21(25-20)24-16-8-6-7-15(12-16)22-2/h1,6-8,11-13,17,22H,4-5,9-10H2,2H3,(H,23,24,25). The largest absolute Gasteiger partial charge is 0.388 e. The van der Waals surface area contributed by atoms with Gasteiger partial charge >= 0.3 is 0 Å². The van der Waals surface area contributed by atoms with E-state index in [9.17, 15) is 4.79 Å². The van der Waals surface area contributed by atoms with Crippen LogP contribution in [0.25, 0.3) is 11.0 Å². The molecule has 0 unspecified atom stereocenters. The normalized spacial score (nSPS) is 14.2. The van der Waals surface area contributed by atoms with E-state index in [1.165, 1.54) is 6.07 Å². The van der Waals surface area contributed by atoms with Gasteiger partial charge in [-0.1, -0.05) is 24.8 Å². The minimum Gasteiger partial charge on any atom is -0.388 e. The molecule has 2 heterocycles. The van der Waals surface area contributed by atoms with Crippen molar-refractivity contribution in [2.24, 2.45) is 0 Å². The van der Waals surface area contributed by atoms with E-state index < -0.39 is 0 Å². The van der Waals surface area contributed by atoms with Gasteiger partial charge in [0.05, 0.1) is 5.39 Å². The average Bonchev–Trinajstić information content (AvgIpc) is 3.21. The molecule has 0 aliphatic heterocycles. The first-order valence-electron chi connectivity index (χ1n) is 9.13. The van der Waals surface area contributed by atoms with Crippen molar-refractivity contribution in [2.45, 2.75) is 31.7 Å². The molecule has 27 heavy (non-hydrogen) atoms. The number of terminal acetylenes is 1. The third-order valence-corrected chi connectivity index (χ3v) is 5.04. The zero-order chi connectivity index (χ0) is 18.8. The molecule has 1 aliphatic rings. The summed E-state index contributed by atoms with van der Waals surface area (Å²) in [5.74, 6) is 3.03. The van der Waals surface area contributed by atoms with E-state index in [2.05, 4.69) is 26.5 Å². The number of anilines is 3. The highest BCUT2D eigenvalue weighted by molar-refractivity contribution is 5.82. The van der Waals surface area contributed by atoms with Crippen LogP contribution in [0.2, 0.25) is 0 Å². The Kier molecular flexibility index (Phi) is 4.51. The predicted molar refractivity (Wildman–Crippen MR) is 109 cm³/mol. The van der Waals surface area contributed by atoms with Crippen molar-refractivity contribution in [3.05, 3.63) is 52.4 Å². The molecule has 0 saturated heterocycles. The van der Waals surface area contributed by atoms with Crippen molar-refractivity contribution in [3.63, 3.8) is 0 Å². The minimum absolute atomic E-state index is 0.0934. The predicted octanol–water partition coefficient (Wildman–Crippen LogP) is 3.67. The van der Waals surface area contributed by atoms with Gasteiger partial charge in [0.2, 0.25) is 5.95 Å². The van der Waals surface area contributed by atoms with Crippen LogP contribution in [-0.4, -0.2) is 21.6 Å². The zero-order valence-electron chi connectivity index (χ0n) is 15.2.